The third-order valence-corrected chi connectivity index (χ3v) is 3.73. The maximum Gasteiger partial charge on any atom is 0.0659 e. The zero-order valence-corrected chi connectivity index (χ0v) is 14.4. The minimum Gasteiger partial charge on any atom is -0.386 e. The standard InChI is InChI=1S/C17H25ClN4/c1-11-5-6-20-15-8-13(18)7-14(16(15)22-11)12(9-19)10-21-17(2,3)4/h7-11,19-22H,5-6H2,1-4H3/b12-10+,19-9?/t11-/m1/s1. The number of anilines is 2. The van der Waals surface area contributed by atoms with Gasteiger partial charge in [0.15, 0.2) is 0 Å². The first-order chi connectivity index (χ1) is 10.3. The van der Waals surface area contributed by atoms with Crippen LogP contribution in [0.1, 0.15) is 39.7 Å². The number of nitrogens with one attached hydrogen (secondary N) is 4. The number of allylic oxidation sites excluding steroid dienone is 1. The Balaban J connectivity index is 2.49. The van der Waals surface area contributed by atoms with Crippen molar-refractivity contribution in [2.75, 3.05) is 17.2 Å². The van der Waals surface area contributed by atoms with Crippen molar-refractivity contribution in [1.82, 2.24) is 5.32 Å². The molecule has 1 heterocycles. The van der Waals surface area contributed by atoms with Crippen LogP contribution < -0.4 is 16.0 Å². The minimum absolute atomic E-state index is 0.0528. The quantitative estimate of drug-likeness (QED) is 0.627. The van der Waals surface area contributed by atoms with Crippen LogP contribution in [0.15, 0.2) is 18.3 Å². The third-order valence-electron chi connectivity index (χ3n) is 3.51. The van der Waals surface area contributed by atoms with E-state index < -0.39 is 0 Å². The molecule has 1 atom stereocenters. The molecule has 1 aromatic rings. The lowest BCUT2D eigenvalue weighted by atomic mass is 10.0. The number of benzene rings is 1. The summed E-state index contributed by atoms with van der Waals surface area (Å²) in [7, 11) is 0. The molecule has 2 rings (SSSR count). The molecular formula is C17H25ClN4. The molecule has 0 fully saturated rings. The Hall–Kier alpha value is -1.68. The van der Waals surface area contributed by atoms with Crippen molar-refractivity contribution in [2.24, 2.45) is 0 Å². The molecule has 4 N–H and O–H groups in total. The van der Waals surface area contributed by atoms with Gasteiger partial charge in [-0.2, -0.15) is 0 Å². The smallest absolute Gasteiger partial charge is 0.0659 e. The average Bonchev–Trinajstić information content (AvgIpc) is 2.59. The summed E-state index contributed by atoms with van der Waals surface area (Å²) in [5.41, 5.74) is 3.70. The molecule has 22 heavy (non-hydrogen) atoms. The van der Waals surface area contributed by atoms with E-state index in [1.807, 2.05) is 18.3 Å². The van der Waals surface area contributed by atoms with E-state index in [-0.39, 0.29) is 5.54 Å². The summed E-state index contributed by atoms with van der Waals surface area (Å²) in [6.07, 6.45) is 4.29. The molecule has 0 unspecified atom stereocenters. The van der Waals surface area contributed by atoms with Gasteiger partial charge in [0.25, 0.3) is 0 Å². The van der Waals surface area contributed by atoms with Crippen LogP contribution in [0.4, 0.5) is 11.4 Å². The van der Waals surface area contributed by atoms with Crippen LogP contribution in [-0.2, 0) is 0 Å². The molecule has 4 nitrogen and oxygen atoms in total. The summed E-state index contributed by atoms with van der Waals surface area (Å²) in [5.74, 6) is 0. The summed E-state index contributed by atoms with van der Waals surface area (Å²) in [5, 5.41) is 18.7. The minimum atomic E-state index is -0.0528. The van der Waals surface area contributed by atoms with E-state index in [4.69, 9.17) is 17.0 Å². The highest BCUT2D eigenvalue weighted by atomic mass is 35.5. The molecule has 0 aliphatic carbocycles. The summed E-state index contributed by atoms with van der Waals surface area (Å²) >= 11 is 6.27. The second-order valence-electron chi connectivity index (χ2n) is 6.78. The first kappa shape index (κ1) is 16.7. The van der Waals surface area contributed by atoms with Crippen LogP contribution in [0.5, 0.6) is 0 Å². The molecule has 1 aliphatic heterocycles. The fourth-order valence-electron chi connectivity index (χ4n) is 2.36. The van der Waals surface area contributed by atoms with Crippen molar-refractivity contribution in [3.8, 4) is 0 Å². The zero-order chi connectivity index (χ0) is 16.3. The van der Waals surface area contributed by atoms with Crippen molar-refractivity contribution in [3.05, 3.63) is 28.9 Å². The van der Waals surface area contributed by atoms with E-state index in [1.165, 1.54) is 6.21 Å². The van der Waals surface area contributed by atoms with Gasteiger partial charge in [0.05, 0.1) is 11.4 Å². The molecule has 1 aliphatic rings. The van der Waals surface area contributed by atoms with E-state index >= 15 is 0 Å². The number of rotatable bonds is 3. The van der Waals surface area contributed by atoms with Crippen molar-refractivity contribution in [3.63, 3.8) is 0 Å². The van der Waals surface area contributed by atoms with Gasteiger partial charge in [-0.1, -0.05) is 11.6 Å². The Morgan fingerprint density at radius 2 is 2.14 bits per heavy atom. The van der Waals surface area contributed by atoms with Crippen LogP contribution in [0.25, 0.3) is 5.57 Å². The fourth-order valence-corrected chi connectivity index (χ4v) is 2.58. The topological polar surface area (TPSA) is 59.9 Å². The van der Waals surface area contributed by atoms with Crippen LogP contribution in [-0.4, -0.2) is 24.3 Å². The maximum atomic E-state index is 7.77. The monoisotopic (exact) mass is 320 g/mol. The predicted octanol–water partition coefficient (Wildman–Crippen LogP) is 4.33. The molecule has 0 amide bonds. The van der Waals surface area contributed by atoms with Crippen LogP contribution >= 0.6 is 11.6 Å². The Labute approximate surface area is 137 Å². The highest BCUT2D eigenvalue weighted by Crippen LogP contribution is 2.36. The maximum absolute atomic E-state index is 7.77. The van der Waals surface area contributed by atoms with Crippen LogP contribution in [0.2, 0.25) is 5.02 Å². The lowest BCUT2D eigenvalue weighted by molar-refractivity contribution is 0.492. The molecule has 0 saturated heterocycles. The first-order valence-corrected chi connectivity index (χ1v) is 8.00. The molecule has 0 radical (unpaired) electrons. The van der Waals surface area contributed by atoms with Crippen LogP contribution in [0, 0.1) is 5.41 Å². The molecule has 5 heteroatoms. The molecular weight excluding hydrogens is 296 g/mol. The van der Waals surface area contributed by atoms with Crippen molar-refractivity contribution in [1.29, 1.82) is 5.41 Å². The number of hydrogen-bond acceptors (Lipinski definition) is 4. The van der Waals surface area contributed by atoms with E-state index in [2.05, 4.69) is 43.6 Å². The highest BCUT2D eigenvalue weighted by molar-refractivity contribution is 6.31. The molecule has 0 saturated carbocycles. The Morgan fingerprint density at radius 1 is 1.41 bits per heavy atom. The number of hydrogen-bond donors (Lipinski definition) is 4. The summed E-state index contributed by atoms with van der Waals surface area (Å²) in [4.78, 5) is 0. The van der Waals surface area contributed by atoms with Gasteiger partial charge in [-0.15, -0.1) is 0 Å². The predicted molar refractivity (Wildman–Crippen MR) is 97.3 cm³/mol. The Bertz CT molecular complexity index is 587. The fraction of sp³-hybridized carbons (Fsp3) is 0.471. The van der Waals surface area contributed by atoms with Gasteiger partial charge in [-0.25, -0.2) is 0 Å². The van der Waals surface area contributed by atoms with Gasteiger partial charge in [0, 0.05) is 46.7 Å². The molecule has 1 aromatic carbocycles. The van der Waals surface area contributed by atoms with Crippen molar-refractivity contribution >= 4 is 34.8 Å². The second kappa shape index (κ2) is 6.61. The summed E-state index contributed by atoms with van der Waals surface area (Å²) < 4.78 is 0. The largest absolute Gasteiger partial charge is 0.386 e. The number of fused-ring (bicyclic) bond motifs is 1. The summed E-state index contributed by atoms with van der Waals surface area (Å²) in [6, 6.07) is 4.22. The van der Waals surface area contributed by atoms with E-state index in [0.29, 0.717) is 11.1 Å². The lowest BCUT2D eigenvalue weighted by Crippen LogP contribution is -2.31. The van der Waals surface area contributed by atoms with Crippen molar-refractivity contribution in [2.45, 2.75) is 45.7 Å². The van der Waals surface area contributed by atoms with Gasteiger partial charge < -0.3 is 21.4 Å². The lowest BCUT2D eigenvalue weighted by Gasteiger charge is -2.21. The molecule has 0 aromatic heterocycles. The summed E-state index contributed by atoms with van der Waals surface area (Å²) in [6.45, 7) is 9.34. The van der Waals surface area contributed by atoms with Gasteiger partial charge in [-0.3, -0.25) is 0 Å². The van der Waals surface area contributed by atoms with Crippen LogP contribution in [0.3, 0.4) is 0 Å². The average molecular weight is 321 g/mol. The Kier molecular flexibility index (Phi) is 5.01. The van der Waals surface area contributed by atoms with Gasteiger partial charge >= 0.3 is 0 Å². The molecule has 0 spiro atoms. The van der Waals surface area contributed by atoms with E-state index in [9.17, 15) is 0 Å². The first-order valence-electron chi connectivity index (χ1n) is 7.63. The normalized spacial score (nSPS) is 18.6. The van der Waals surface area contributed by atoms with E-state index in [1.54, 1.807) is 0 Å². The van der Waals surface area contributed by atoms with Crippen molar-refractivity contribution < 1.29 is 0 Å². The van der Waals surface area contributed by atoms with Gasteiger partial charge in [0.2, 0.25) is 0 Å². The van der Waals surface area contributed by atoms with Gasteiger partial charge in [-0.05, 0) is 46.2 Å². The zero-order valence-electron chi connectivity index (χ0n) is 13.7. The third kappa shape index (κ3) is 4.17. The van der Waals surface area contributed by atoms with Gasteiger partial charge in [0.1, 0.15) is 0 Å². The Morgan fingerprint density at radius 3 is 2.77 bits per heavy atom. The van der Waals surface area contributed by atoms with E-state index in [0.717, 1.165) is 35.5 Å². The molecule has 120 valence electrons. The molecule has 0 bridgehead atoms. The highest BCUT2D eigenvalue weighted by Gasteiger charge is 2.18. The SMILES string of the molecule is C[C@@H]1CCNc2cc(Cl)cc(/C(C=N)=C/NC(C)(C)C)c2N1. The second-order valence-corrected chi connectivity index (χ2v) is 7.21. The number of halogens is 1.